The first-order chi connectivity index (χ1) is 5.20. The zero-order chi connectivity index (χ0) is 8.69. The fraction of sp³-hybridized carbons (Fsp3) is 0.800. The lowest BCUT2D eigenvalue weighted by Gasteiger charge is -2.04. The number of hydrogen-bond donors (Lipinski definition) is 1. The Morgan fingerprint density at radius 3 is 2.45 bits per heavy atom. The van der Waals surface area contributed by atoms with Crippen LogP contribution in [0.4, 0.5) is 0 Å². The standard InChI is InChI=1S/C10H20O/c1-4-6-7-10(5-2)8-9(3)11/h8-9,11H,4-7H2,1-3H3. The third-order valence-electron chi connectivity index (χ3n) is 1.78. The molecule has 0 fully saturated rings. The second kappa shape index (κ2) is 6.41. The highest BCUT2D eigenvalue weighted by Crippen LogP contribution is 2.11. The van der Waals surface area contributed by atoms with Crippen molar-refractivity contribution in [2.75, 3.05) is 0 Å². The summed E-state index contributed by atoms with van der Waals surface area (Å²) >= 11 is 0. The molecule has 0 bridgehead atoms. The molecule has 0 aliphatic heterocycles. The number of aliphatic hydroxyl groups is 1. The van der Waals surface area contributed by atoms with Crippen LogP contribution in [0.1, 0.15) is 46.5 Å². The summed E-state index contributed by atoms with van der Waals surface area (Å²) in [5, 5.41) is 9.08. The molecule has 0 aliphatic carbocycles. The predicted octanol–water partition coefficient (Wildman–Crippen LogP) is 2.89. The van der Waals surface area contributed by atoms with E-state index >= 15 is 0 Å². The van der Waals surface area contributed by atoms with Crippen molar-refractivity contribution in [3.63, 3.8) is 0 Å². The van der Waals surface area contributed by atoms with Gasteiger partial charge in [-0.15, -0.1) is 0 Å². The molecule has 11 heavy (non-hydrogen) atoms. The summed E-state index contributed by atoms with van der Waals surface area (Å²) in [6.45, 7) is 6.14. The average molecular weight is 156 g/mol. The molecule has 0 aromatic carbocycles. The third-order valence-corrected chi connectivity index (χ3v) is 1.78. The average Bonchev–Trinajstić information content (AvgIpc) is 1.97. The molecule has 1 heteroatoms. The first kappa shape index (κ1) is 10.7. The van der Waals surface area contributed by atoms with Gasteiger partial charge >= 0.3 is 0 Å². The van der Waals surface area contributed by atoms with Gasteiger partial charge in [-0.3, -0.25) is 0 Å². The number of hydrogen-bond acceptors (Lipinski definition) is 1. The molecular weight excluding hydrogens is 136 g/mol. The SMILES string of the molecule is CCCCC(=CC(C)O)CC. The van der Waals surface area contributed by atoms with E-state index in [2.05, 4.69) is 13.8 Å². The number of rotatable bonds is 5. The molecule has 1 N–H and O–H groups in total. The van der Waals surface area contributed by atoms with E-state index in [0.29, 0.717) is 0 Å². The van der Waals surface area contributed by atoms with Crippen LogP contribution >= 0.6 is 0 Å². The Kier molecular flexibility index (Phi) is 6.24. The van der Waals surface area contributed by atoms with Crippen molar-refractivity contribution in [1.29, 1.82) is 0 Å². The van der Waals surface area contributed by atoms with Crippen molar-refractivity contribution >= 4 is 0 Å². The smallest absolute Gasteiger partial charge is 0.0695 e. The topological polar surface area (TPSA) is 20.2 Å². The van der Waals surface area contributed by atoms with E-state index in [1.165, 1.54) is 18.4 Å². The van der Waals surface area contributed by atoms with Crippen molar-refractivity contribution in [3.8, 4) is 0 Å². The Bertz CT molecular complexity index is 114. The highest BCUT2D eigenvalue weighted by atomic mass is 16.3. The molecule has 0 saturated carbocycles. The summed E-state index contributed by atoms with van der Waals surface area (Å²) in [5.41, 5.74) is 1.39. The molecule has 0 radical (unpaired) electrons. The lowest BCUT2D eigenvalue weighted by molar-refractivity contribution is 0.242. The van der Waals surface area contributed by atoms with Gasteiger partial charge in [0.1, 0.15) is 0 Å². The second-order valence-electron chi connectivity index (χ2n) is 3.02. The van der Waals surface area contributed by atoms with Crippen molar-refractivity contribution in [3.05, 3.63) is 11.6 Å². The van der Waals surface area contributed by atoms with Gasteiger partial charge in [-0.2, -0.15) is 0 Å². The van der Waals surface area contributed by atoms with Crippen LogP contribution in [-0.4, -0.2) is 11.2 Å². The fourth-order valence-corrected chi connectivity index (χ4v) is 1.12. The first-order valence-electron chi connectivity index (χ1n) is 4.58. The lowest BCUT2D eigenvalue weighted by atomic mass is 10.1. The van der Waals surface area contributed by atoms with E-state index in [-0.39, 0.29) is 6.10 Å². The van der Waals surface area contributed by atoms with E-state index in [1.807, 2.05) is 13.0 Å². The first-order valence-corrected chi connectivity index (χ1v) is 4.58. The highest BCUT2D eigenvalue weighted by Gasteiger charge is 1.95. The minimum absolute atomic E-state index is 0.276. The maximum atomic E-state index is 9.08. The van der Waals surface area contributed by atoms with Gasteiger partial charge in [-0.25, -0.2) is 0 Å². The van der Waals surface area contributed by atoms with Crippen molar-refractivity contribution in [2.24, 2.45) is 0 Å². The Hall–Kier alpha value is -0.300. The van der Waals surface area contributed by atoms with Gasteiger partial charge in [0.05, 0.1) is 6.10 Å². The normalized spacial score (nSPS) is 15.1. The van der Waals surface area contributed by atoms with Crippen LogP contribution in [0.15, 0.2) is 11.6 Å². The van der Waals surface area contributed by atoms with Crippen LogP contribution in [0, 0.1) is 0 Å². The minimum atomic E-state index is -0.276. The van der Waals surface area contributed by atoms with E-state index < -0.39 is 0 Å². The van der Waals surface area contributed by atoms with Crippen LogP contribution < -0.4 is 0 Å². The zero-order valence-electron chi connectivity index (χ0n) is 7.93. The van der Waals surface area contributed by atoms with Gasteiger partial charge < -0.3 is 5.11 Å². The van der Waals surface area contributed by atoms with Crippen molar-refractivity contribution < 1.29 is 5.11 Å². The molecule has 1 atom stereocenters. The largest absolute Gasteiger partial charge is 0.389 e. The summed E-state index contributed by atoms with van der Waals surface area (Å²) in [6.07, 6.45) is 6.39. The van der Waals surface area contributed by atoms with Gasteiger partial charge in [0.25, 0.3) is 0 Å². The van der Waals surface area contributed by atoms with Crippen molar-refractivity contribution in [1.82, 2.24) is 0 Å². The maximum Gasteiger partial charge on any atom is 0.0695 e. The van der Waals surface area contributed by atoms with Crippen LogP contribution in [0.2, 0.25) is 0 Å². The summed E-state index contributed by atoms with van der Waals surface area (Å²) in [5.74, 6) is 0. The Morgan fingerprint density at radius 2 is 2.09 bits per heavy atom. The molecule has 0 aromatic heterocycles. The van der Waals surface area contributed by atoms with E-state index in [4.69, 9.17) is 5.11 Å². The number of unbranched alkanes of at least 4 members (excludes halogenated alkanes) is 1. The minimum Gasteiger partial charge on any atom is -0.389 e. The van der Waals surface area contributed by atoms with Gasteiger partial charge in [-0.05, 0) is 26.2 Å². The number of aliphatic hydroxyl groups excluding tert-OH is 1. The van der Waals surface area contributed by atoms with Crippen LogP contribution in [-0.2, 0) is 0 Å². The predicted molar refractivity (Wildman–Crippen MR) is 49.6 cm³/mol. The molecule has 1 nitrogen and oxygen atoms in total. The molecule has 0 heterocycles. The molecular formula is C10H20O. The Labute approximate surface area is 70.1 Å². The Balaban J connectivity index is 3.74. The highest BCUT2D eigenvalue weighted by molar-refractivity contribution is 5.03. The lowest BCUT2D eigenvalue weighted by Crippen LogP contribution is -1.95. The maximum absolute atomic E-state index is 9.08. The fourth-order valence-electron chi connectivity index (χ4n) is 1.12. The molecule has 0 spiro atoms. The monoisotopic (exact) mass is 156 g/mol. The number of allylic oxidation sites excluding steroid dienone is 1. The summed E-state index contributed by atoms with van der Waals surface area (Å²) in [7, 11) is 0. The molecule has 0 rings (SSSR count). The summed E-state index contributed by atoms with van der Waals surface area (Å²) in [6, 6.07) is 0. The summed E-state index contributed by atoms with van der Waals surface area (Å²) in [4.78, 5) is 0. The van der Waals surface area contributed by atoms with Crippen LogP contribution in [0.3, 0.4) is 0 Å². The van der Waals surface area contributed by atoms with Gasteiger partial charge in [0.2, 0.25) is 0 Å². The van der Waals surface area contributed by atoms with Gasteiger partial charge in [0, 0.05) is 0 Å². The molecule has 0 aromatic rings. The van der Waals surface area contributed by atoms with Crippen LogP contribution in [0.5, 0.6) is 0 Å². The quantitative estimate of drug-likeness (QED) is 0.607. The third kappa shape index (κ3) is 6.11. The van der Waals surface area contributed by atoms with E-state index in [9.17, 15) is 0 Å². The van der Waals surface area contributed by atoms with Crippen LogP contribution in [0.25, 0.3) is 0 Å². The molecule has 66 valence electrons. The van der Waals surface area contributed by atoms with Gasteiger partial charge in [0.15, 0.2) is 0 Å². The molecule has 0 aliphatic rings. The molecule has 1 unspecified atom stereocenters. The van der Waals surface area contributed by atoms with Crippen molar-refractivity contribution in [2.45, 2.75) is 52.6 Å². The molecule has 0 amide bonds. The summed E-state index contributed by atoms with van der Waals surface area (Å²) < 4.78 is 0. The second-order valence-corrected chi connectivity index (χ2v) is 3.02. The zero-order valence-corrected chi connectivity index (χ0v) is 7.93. The van der Waals surface area contributed by atoms with Gasteiger partial charge in [-0.1, -0.05) is 31.9 Å². The molecule has 0 saturated heterocycles. The van der Waals surface area contributed by atoms with E-state index in [1.54, 1.807) is 0 Å². The van der Waals surface area contributed by atoms with E-state index in [0.717, 1.165) is 12.8 Å². The Morgan fingerprint density at radius 1 is 1.45 bits per heavy atom.